The van der Waals surface area contributed by atoms with Gasteiger partial charge in [0.2, 0.25) is 0 Å². The van der Waals surface area contributed by atoms with Crippen molar-refractivity contribution in [3.63, 3.8) is 0 Å². The predicted octanol–water partition coefficient (Wildman–Crippen LogP) is -0.0762. The molecule has 0 atom stereocenters. The summed E-state index contributed by atoms with van der Waals surface area (Å²) in [5.41, 5.74) is 0.313. The van der Waals surface area contributed by atoms with Crippen molar-refractivity contribution in [2.45, 2.75) is 0 Å². The summed E-state index contributed by atoms with van der Waals surface area (Å²) >= 11 is 0. The van der Waals surface area contributed by atoms with Gasteiger partial charge in [-0.1, -0.05) is 0 Å². The van der Waals surface area contributed by atoms with Crippen molar-refractivity contribution in [1.29, 1.82) is 5.26 Å². The van der Waals surface area contributed by atoms with Crippen molar-refractivity contribution < 1.29 is 24.2 Å². The average molecular weight is 223 g/mol. The van der Waals surface area contributed by atoms with Crippen LogP contribution in [-0.2, 0) is 0 Å². The van der Waals surface area contributed by atoms with Crippen molar-refractivity contribution in [3.8, 4) is 23.3 Å². The molecule has 0 amide bonds. The Morgan fingerprint density at radius 2 is 1.69 bits per heavy atom. The highest BCUT2D eigenvalue weighted by molar-refractivity contribution is 6.34. The molecule has 0 aromatic heterocycles. The molecule has 0 bridgehead atoms. The Bertz CT molecular complexity index is 390. The van der Waals surface area contributed by atoms with Crippen LogP contribution >= 0.6 is 0 Å². The zero-order valence-corrected chi connectivity index (χ0v) is 8.80. The Morgan fingerprint density at radius 3 is 2.00 bits per heavy atom. The first-order valence-corrected chi connectivity index (χ1v) is 4.31. The van der Waals surface area contributed by atoms with Gasteiger partial charge in [0, 0.05) is 12.1 Å². The van der Waals surface area contributed by atoms with Crippen molar-refractivity contribution in [2.75, 3.05) is 14.2 Å². The predicted molar refractivity (Wildman–Crippen MR) is 55.1 cm³/mol. The number of rotatable bonds is 4. The molecule has 1 rings (SSSR count). The van der Waals surface area contributed by atoms with Crippen molar-refractivity contribution in [1.82, 2.24) is 0 Å². The number of benzene rings is 1. The minimum Gasteiger partial charge on any atom is -0.506 e. The van der Waals surface area contributed by atoms with Crippen LogP contribution in [0.5, 0.6) is 17.2 Å². The van der Waals surface area contributed by atoms with E-state index in [-0.39, 0.29) is 17.2 Å². The minimum absolute atomic E-state index is 0.0269. The number of nitrogens with zero attached hydrogens (tertiary/aromatic N) is 1. The molecule has 0 saturated heterocycles. The lowest BCUT2D eigenvalue weighted by Crippen LogP contribution is -2.21. The summed E-state index contributed by atoms with van der Waals surface area (Å²) < 4.78 is 14.6. The zero-order chi connectivity index (χ0) is 12.1. The summed E-state index contributed by atoms with van der Waals surface area (Å²) in [5, 5.41) is 26.2. The largest absolute Gasteiger partial charge is 0.707 e. The molecule has 0 radical (unpaired) electrons. The number of methoxy groups -OCH3 is 2. The molecule has 0 aliphatic heterocycles. The first kappa shape index (κ1) is 12.2. The molecule has 6 nitrogen and oxygen atoms in total. The summed E-state index contributed by atoms with van der Waals surface area (Å²) in [5.74, 6) is 0.395. The molecular formula is C9H10BNO5. The van der Waals surface area contributed by atoms with Crippen molar-refractivity contribution in [3.05, 3.63) is 17.7 Å². The van der Waals surface area contributed by atoms with Crippen LogP contribution in [0.2, 0.25) is 0 Å². The van der Waals surface area contributed by atoms with Gasteiger partial charge in [0.25, 0.3) is 0 Å². The summed E-state index contributed by atoms with van der Waals surface area (Å²) in [6, 6.07) is 4.72. The van der Waals surface area contributed by atoms with Crippen LogP contribution in [0.1, 0.15) is 5.56 Å². The van der Waals surface area contributed by atoms with E-state index in [0.29, 0.717) is 5.56 Å². The third-order valence-corrected chi connectivity index (χ3v) is 1.81. The van der Waals surface area contributed by atoms with Gasteiger partial charge < -0.3 is 24.2 Å². The van der Waals surface area contributed by atoms with Gasteiger partial charge >= 0.3 is 7.32 Å². The molecule has 0 aliphatic carbocycles. The second kappa shape index (κ2) is 5.25. The van der Waals surface area contributed by atoms with E-state index in [9.17, 15) is 0 Å². The van der Waals surface area contributed by atoms with Gasteiger partial charge in [-0.3, -0.25) is 0 Å². The van der Waals surface area contributed by atoms with E-state index >= 15 is 0 Å². The summed E-state index contributed by atoms with van der Waals surface area (Å²) in [4.78, 5) is 0. The molecule has 84 valence electrons. The van der Waals surface area contributed by atoms with E-state index in [2.05, 4.69) is 0 Å². The van der Waals surface area contributed by atoms with E-state index in [1.54, 1.807) is 0 Å². The molecule has 0 aliphatic rings. The molecule has 1 aromatic rings. The van der Waals surface area contributed by atoms with Crippen LogP contribution in [0, 0.1) is 11.3 Å². The average Bonchev–Trinajstić information content (AvgIpc) is 2.28. The van der Waals surface area contributed by atoms with Crippen molar-refractivity contribution in [2.24, 2.45) is 0 Å². The van der Waals surface area contributed by atoms with Gasteiger partial charge in [-0.2, -0.15) is 5.26 Å². The minimum atomic E-state index is -1.99. The van der Waals surface area contributed by atoms with Crippen LogP contribution in [0.3, 0.4) is 0 Å². The van der Waals surface area contributed by atoms with Crippen LogP contribution in [0.4, 0.5) is 0 Å². The number of hydrogen-bond donors (Lipinski definition) is 2. The van der Waals surface area contributed by atoms with Gasteiger partial charge in [-0.05, 0) is 0 Å². The third kappa shape index (κ3) is 2.56. The van der Waals surface area contributed by atoms with E-state index in [1.807, 2.05) is 6.07 Å². The lowest BCUT2D eigenvalue weighted by molar-refractivity contribution is 0.270. The van der Waals surface area contributed by atoms with Gasteiger partial charge in [-0.25, -0.2) is 0 Å². The number of ether oxygens (including phenoxy) is 2. The molecule has 2 N–H and O–H groups in total. The molecule has 0 fully saturated rings. The van der Waals surface area contributed by atoms with E-state index in [0.717, 1.165) is 0 Å². The maximum Gasteiger partial charge on any atom is 0.707 e. The lowest BCUT2D eigenvalue weighted by atomic mass is 10.1. The van der Waals surface area contributed by atoms with Gasteiger partial charge in [0.15, 0.2) is 17.2 Å². The molecule has 0 heterocycles. The van der Waals surface area contributed by atoms with Crippen LogP contribution in [0.25, 0.3) is 0 Å². The van der Waals surface area contributed by atoms with E-state index in [1.165, 1.54) is 26.4 Å². The Hall–Kier alpha value is -1.91. The SMILES string of the molecule is COc1cc(C#N)cc(OC)c1OB(O)O. The Balaban J connectivity index is 3.27. The topological polar surface area (TPSA) is 91.9 Å². The van der Waals surface area contributed by atoms with E-state index in [4.69, 9.17) is 29.4 Å². The third-order valence-electron chi connectivity index (χ3n) is 1.81. The highest BCUT2D eigenvalue weighted by Crippen LogP contribution is 2.38. The van der Waals surface area contributed by atoms with Gasteiger partial charge in [0.1, 0.15) is 0 Å². The molecule has 0 unspecified atom stereocenters. The molecule has 1 aromatic carbocycles. The maximum absolute atomic E-state index is 8.75. The van der Waals surface area contributed by atoms with Crippen LogP contribution < -0.4 is 14.1 Å². The molecule has 0 saturated carbocycles. The van der Waals surface area contributed by atoms with Gasteiger partial charge in [-0.15, -0.1) is 0 Å². The molecule has 7 heteroatoms. The molecular weight excluding hydrogens is 213 g/mol. The standard InChI is InChI=1S/C9H10BNO5/c1-14-7-3-6(5-11)4-8(15-2)9(7)16-10(12)13/h3-4,12-13H,1-2H3. The second-order valence-electron chi connectivity index (χ2n) is 2.77. The lowest BCUT2D eigenvalue weighted by Gasteiger charge is -2.14. The summed E-state index contributed by atoms with van der Waals surface area (Å²) in [7, 11) is 0.745. The highest BCUT2D eigenvalue weighted by Gasteiger charge is 2.20. The fourth-order valence-electron chi connectivity index (χ4n) is 1.17. The Morgan fingerprint density at radius 1 is 1.19 bits per heavy atom. The van der Waals surface area contributed by atoms with Gasteiger partial charge in [0.05, 0.1) is 25.9 Å². The maximum atomic E-state index is 8.75. The fraction of sp³-hybridized carbons (Fsp3) is 0.222. The Labute approximate surface area is 92.8 Å². The smallest absolute Gasteiger partial charge is 0.506 e. The first-order chi connectivity index (χ1) is 7.62. The van der Waals surface area contributed by atoms with Crippen LogP contribution in [-0.4, -0.2) is 31.6 Å². The summed E-state index contributed by atoms with van der Waals surface area (Å²) in [6.45, 7) is 0. The molecule has 16 heavy (non-hydrogen) atoms. The number of hydrogen-bond acceptors (Lipinski definition) is 6. The second-order valence-corrected chi connectivity index (χ2v) is 2.77. The fourth-order valence-corrected chi connectivity index (χ4v) is 1.17. The quantitative estimate of drug-likeness (QED) is 0.693. The van der Waals surface area contributed by atoms with E-state index < -0.39 is 7.32 Å². The highest BCUT2D eigenvalue weighted by atomic mass is 16.6. The zero-order valence-electron chi connectivity index (χ0n) is 8.80. The number of nitriles is 1. The van der Waals surface area contributed by atoms with Crippen molar-refractivity contribution >= 4 is 7.32 Å². The van der Waals surface area contributed by atoms with Crippen LogP contribution in [0.15, 0.2) is 12.1 Å². The Kier molecular flexibility index (Phi) is 3.99. The monoisotopic (exact) mass is 223 g/mol. The summed E-state index contributed by atoms with van der Waals surface area (Å²) in [6.07, 6.45) is 0. The first-order valence-electron chi connectivity index (χ1n) is 4.31. The molecule has 0 spiro atoms. The normalized spacial score (nSPS) is 9.19.